The number of anilines is 1. The number of nitrogen functional groups attached to an aromatic ring is 1. The summed E-state index contributed by atoms with van der Waals surface area (Å²) in [5.74, 6) is 1.58. The first-order valence-corrected chi connectivity index (χ1v) is 4.56. The molecule has 2 N–H and O–H groups in total. The summed E-state index contributed by atoms with van der Waals surface area (Å²) in [5, 5.41) is 0. The lowest BCUT2D eigenvalue weighted by molar-refractivity contribution is 0.462. The van der Waals surface area contributed by atoms with E-state index in [1.807, 2.05) is 31.2 Å². The monoisotopic (exact) mass is 201 g/mol. The van der Waals surface area contributed by atoms with E-state index in [2.05, 4.69) is 9.97 Å². The van der Waals surface area contributed by atoms with Crippen molar-refractivity contribution in [2.75, 3.05) is 5.73 Å². The molecule has 1 aromatic carbocycles. The Kier molecular flexibility index (Phi) is 2.49. The van der Waals surface area contributed by atoms with Crippen LogP contribution in [0.3, 0.4) is 0 Å². The molecule has 4 nitrogen and oxygen atoms in total. The normalized spacial score (nSPS) is 9.93. The molecule has 0 saturated heterocycles. The Hall–Kier alpha value is -2.10. The van der Waals surface area contributed by atoms with Crippen LogP contribution in [0.4, 0.5) is 5.82 Å². The molecule has 0 atom stereocenters. The molecule has 15 heavy (non-hydrogen) atoms. The summed E-state index contributed by atoms with van der Waals surface area (Å²) in [4.78, 5) is 7.73. The lowest BCUT2D eigenvalue weighted by atomic mass is 10.2. The molecule has 0 radical (unpaired) electrons. The van der Waals surface area contributed by atoms with Gasteiger partial charge in [-0.2, -0.15) is 0 Å². The van der Waals surface area contributed by atoms with E-state index in [1.54, 1.807) is 6.07 Å². The highest BCUT2D eigenvalue weighted by atomic mass is 16.5. The summed E-state index contributed by atoms with van der Waals surface area (Å²) in [6, 6.07) is 9.29. The number of aryl methyl sites for hydroxylation is 1. The summed E-state index contributed by atoms with van der Waals surface area (Å²) < 4.78 is 5.48. The average molecular weight is 201 g/mol. The van der Waals surface area contributed by atoms with E-state index in [1.165, 1.54) is 11.9 Å². The third kappa shape index (κ3) is 2.43. The van der Waals surface area contributed by atoms with Crippen molar-refractivity contribution in [1.82, 2.24) is 9.97 Å². The van der Waals surface area contributed by atoms with Gasteiger partial charge in [0, 0.05) is 6.07 Å². The van der Waals surface area contributed by atoms with Crippen LogP contribution in [-0.4, -0.2) is 9.97 Å². The van der Waals surface area contributed by atoms with E-state index in [0.29, 0.717) is 11.7 Å². The highest BCUT2D eigenvalue weighted by Crippen LogP contribution is 2.19. The Morgan fingerprint density at radius 2 is 1.87 bits per heavy atom. The SMILES string of the molecule is Cc1ccc(Oc2cc(N)ncn2)cc1. The second-order valence-electron chi connectivity index (χ2n) is 3.20. The summed E-state index contributed by atoms with van der Waals surface area (Å²) in [6.07, 6.45) is 1.37. The molecule has 0 amide bonds. The second kappa shape index (κ2) is 3.96. The van der Waals surface area contributed by atoms with Gasteiger partial charge in [0.2, 0.25) is 5.88 Å². The fourth-order valence-electron chi connectivity index (χ4n) is 1.14. The molecule has 76 valence electrons. The molecule has 0 unspecified atom stereocenters. The van der Waals surface area contributed by atoms with Gasteiger partial charge in [-0.05, 0) is 19.1 Å². The van der Waals surface area contributed by atoms with Crippen LogP contribution >= 0.6 is 0 Å². The Labute approximate surface area is 87.7 Å². The van der Waals surface area contributed by atoms with Gasteiger partial charge in [0.1, 0.15) is 17.9 Å². The van der Waals surface area contributed by atoms with Crippen molar-refractivity contribution in [2.24, 2.45) is 0 Å². The van der Waals surface area contributed by atoms with Crippen molar-refractivity contribution in [3.8, 4) is 11.6 Å². The molecule has 0 fully saturated rings. The fourth-order valence-corrected chi connectivity index (χ4v) is 1.14. The van der Waals surface area contributed by atoms with Gasteiger partial charge in [0.05, 0.1) is 0 Å². The first-order valence-electron chi connectivity index (χ1n) is 4.56. The largest absolute Gasteiger partial charge is 0.439 e. The molecule has 0 aliphatic carbocycles. The van der Waals surface area contributed by atoms with Gasteiger partial charge in [0.25, 0.3) is 0 Å². The van der Waals surface area contributed by atoms with Gasteiger partial charge in [-0.15, -0.1) is 0 Å². The molecule has 1 aromatic heterocycles. The highest BCUT2D eigenvalue weighted by molar-refractivity contribution is 5.35. The van der Waals surface area contributed by atoms with Gasteiger partial charge in [-0.3, -0.25) is 0 Å². The Morgan fingerprint density at radius 1 is 1.13 bits per heavy atom. The van der Waals surface area contributed by atoms with Crippen LogP contribution in [0.15, 0.2) is 36.7 Å². The van der Waals surface area contributed by atoms with Gasteiger partial charge in [-0.1, -0.05) is 17.7 Å². The molecule has 0 spiro atoms. The molecule has 1 heterocycles. The summed E-state index contributed by atoms with van der Waals surface area (Å²) in [6.45, 7) is 2.02. The molecular weight excluding hydrogens is 190 g/mol. The van der Waals surface area contributed by atoms with E-state index in [9.17, 15) is 0 Å². The minimum atomic E-state index is 0.395. The minimum Gasteiger partial charge on any atom is -0.439 e. The second-order valence-corrected chi connectivity index (χ2v) is 3.20. The van der Waals surface area contributed by atoms with Crippen LogP contribution in [0.1, 0.15) is 5.56 Å². The van der Waals surface area contributed by atoms with Crippen molar-refractivity contribution in [3.05, 3.63) is 42.2 Å². The van der Waals surface area contributed by atoms with E-state index in [-0.39, 0.29) is 0 Å². The highest BCUT2D eigenvalue weighted by Gasteiger charge is 1.98. The topological polar surface area (TPSA) is 61.0 Å². The molecule has 0 aliphatic heterocycles. The van der Waals surface area contributed by atoms with Crippen LogP contribution in [0.5, 0.6) is 11.6 Å². The summed E-state index contributed by atoms with van der Waals surface area (Å²) in [7, 11) is 0. The zero-order valence-corrected chi connectivity index (χ0v) is 8.34. The first-order chi connectivity index (χ1) is 7.24. The van der Waals surface area contributed by atoms with Crippen LogP contribution in [-0.2, 0) is 0 Å². The van der Waals surface area contributed by atoms with Gasteiger partial charge < -0.3 is 10.5 Å². The summed E-state index contributed by atoms with van der Waals surface area (Å²) in [5.41, 5.74) is 6.69. The van der Waals surface area contributed by atoms with Gasteiger partial charge >= 0.3 is 0 Å². The third-order valence-corrected chi connectivity index (χ3v) is 1.91. The molecule has 0 aliphatic rings. The maximum Gasteiger partial charge on any atom is 0.224 e. The number of nitrogens with zero attached hydrogens (tertiary/aromatic N) is 2. The van der Waals surface area contributed by atoms with Crippen LogP contribution in [0.25, 0.3) is 0 Å². The van der Waals surface area contributed by atoms with Crippen LogP contribution in [0.2, 0.25) is 0 Å². The van der Waals surface area contributed by atoms with Crippen molar-refractivity contribution >= 4 is 5.82 Å². The fraction of sp³-hybridized carbons (Fsp3) is 0.0909. The molecular formula is C11H11N3O. The Morgan fingerprint density at radius 3 is 2.53 bits per heavy atom. The van der Waals surface area contributed by atoms with Gasteiger partial charge in [-0.25, -0.2) is 9.97 Å². The number of ether oxygens (including phenoxy) is 1. The standard InChI is InChI=1S/C11H11N3O/c1-8-2-4-9(5-3-8)15-11-6-10(12)13-7-14-11/h2-7H,1H3,(H2,12,13,14). The van der Waals surface area contributed by atoms with E-state index in [0.717, 1.165) is 5.75 Å². The molecule has 0 saturated carbocycles. The lowest BCUT2D eigenvalue weighted by Crippen LogP contribution is -1.93. The summed E-state index contributed by atoms with van der Waals surface area (Å²) >= 11 is 0. The Bertz CT molecular complexity index is 454. The Balaban J connectivity index is 2.18. The average Bonchev–Trinajstić information content (AvgIpc) is 2.22. The minimum absolute atomic E-state index is 0.395. The van der Waals surface area contributed by atoms with Crippen molar-refractivity contribution in [1.29, 1.82) is 0 Å². The first kappa shape index (κ1) is 9.45. The van der Waals surface area contributed by atoms with Crippen molar-refractivity contribution < 1.29 is 4.74 Å². The maximum atomic E-state index is 5.51. The molecule has 4 heteroatoms. The maximum absolute atomic E-state index is 5.51. The van der Waals surface area contributed by atoms with Crippen molar-refractivity contribution in [3.63, 3.8) is 0 Å². The van der Waals surface area contributed by atoms with Crippen molar-refractivity contribution in [2.45, 2.75) is 6.92 Å². The molecule has 2 rings (SSSR count). The van der Waals surface area contributed by atoms with E-state index >= 15 is 0 Å². The number of hydrogen-bond acceptors (Lipinski definition) is 4. The molecule has 2 aromatic rings. The van der Waals surface area contributed by atoms with Crippen LogP contribution in [0, 0.1) is 6.92 Å². The predicted octanol–water partition coefficient (Wildman–Crippen LogP) is 2.16. The van der Waals surface area contributed by atoms with E-state index in [4.69, 9.17) is 10.5 Å². The lowest BCUT2D eigenvalue weighted by Gasteiger charge is -2.04. The number of rotatable bonds is 2. The number of nitrogens with two attached hydrogens (primary N) is 1. The van der Waals surface area contributed by atoms with E-state index < -0.39 is 0 Å². The number of hydrogen-bond donors (Lipinski definition) is 1. The zero-order valence-electron chi connectivity index (χ0n) is 8.34. The smallest absolute Gasteiger partial charge is 0.224 e. The number of benzene rings is 1. The predicted molar refractivity (Wildman–Crippen MR) is 57.7 cm³/mol. The molecule has 0 bridgehead atoms. The van der Waals surface area contributed by atoms with Gasteiger partial charge in [0.15, 0.2) is 0 Å². The van der Waals surface area contributed by atoms with Crippen LogP contribution < -0.4 is 10.5 Å². The number of aromatic nitrogens is 2. The third-order valence-electron chi connectivity index (χ3n) is 1.91. The zero-order chi connectivity index (χ0) is 10.7. The quantitative estimate of drug-likeness (QED) is 0.808.